The molecule has 5 heteroatoms. The topological polar surface area (TPSA) is 50.8 Å². The zero-order valence-electron chi connectivity index (χ0n) is 15.9. The van der Waals surface area contributed by atoms with Crippen LogP contribution in [-0.4, -0.2) is 15.0 Å². The molecule has 5 aromatic rings. The minimum Gasteiger partial charge on any atom is -0.438 e. The van der Waals surface area contributed by atoms with Gasteiger partial charge in [0.15, 0.2) is 0 Å². The van der Waals surface area contributed by atoms with Gasteiger partial charge in [0.1, 0.15) is 10.4 Å². The first-order valence-electron chi connectivity index (χ1n) is 9.16. The van der Waals surface area contributed by atoms with Crippen molar-refractivity contribution in [1.29, 1.82) is 0 Å². The molecule has 2 aromatic carbocycles. The van der Waals surface area contributed by atoms with Gasteiger partial charge in [0.2, 0.25) is 5.88 Å². The Morgan fingerprint density at radius 2 is 1.86 bits per heavy atom. The SMILES string of the molecule is Cc1cc(Oc2nccc3ncsc23)ccc1-c1c(C)cc2[nH]ccc2c1C. The summed E-state index contributed by atoms with van der Waals surface area (Å²) in [6.07, 6.45) is 3.73. The van der Waals surface area contributed by atoms with E-state index in [1.165, 1.54) is 38.7 Å². The normalized spacial score (nSPS) is 11.4. The van der Waals surface area contributed by atoms with Gasteiger partial charge in [-0.2, -0.15) is 0 Å². The summed E-state index contributed by atoms with van der Waals surface area (Å²) >= 11 is 1.54. The van der Waals surface area contributed by atoms with E-state index >= 15 is 0 Å². The number of aromatic amines is 1. The van der Waals surface area contributed by atoms with E-state index in [1.807, 2.05) is 23.8 Å². The quantitative estimate of drug-likeness (QED) is 0.383. The number of ether oxygens (including phenoxy) is 1. The van der Waals surface area contributed by atoms with Gasteiger partial charge >= 0.3 is 0 Å². The lowest BCUT2D eigenvalue weighted by Crippen LogP contribution is -1.94. The summed E-state index contributed by atoms with van der Waals surface area (Å²) in [6.45, 7) is 6.49. The number of hydrogen-bond donors (Lipinski definition) is 1. The summed E-state index contributed by atoms with van der Waals surface area (Å²) in [4.78, 5) is 12.0. The second-order valence-corrected chi connectivity index (χ2v) is 7.88. The molecule has 1 N–H and O–H groups in total. The van der Waals surface area contributed by atoms with E-state index in [4.69, 9.17) is 4.74 Å². The first kappa shape index (κ1) is 17.0. The van der Waals surface area contributed by atoms with Crippen molar-refractivity contribution in [2.45, 2.75) is 20.8 Å². The van der Waals surface area contributed by atoms with Crippen LogP contribution < -0.4 is 4.74 Å². The Balaban J connectivity index is 1.56. The Morgan fingerprint density at radius 1 is 0.964 bits per heavy atom. The first-order valence-corrected chi connectivity index (χ1v) is 10.0. The van der Waals surface area contributed by atoms with Crippen LogP contribution >= 0.6 is 11.3 Å². The van der Waals surface area contributed by atoms with E-state index in [9.17, 15) is 0 Å². The molecule has 0 spiro atoms. The zero-order chi connectivity index (χ0) is 19.3. The lowest BCUT2D eigenvalue weighted by atomic mass is 9.91. The van der Waals surface area contributed by atoms with Crippen LogP contribution in [0.2, 0.25) is 0 Å². The lowest BCUT2D eigenvalue weighted by Gasteiger charge is -2.15. The molecule has 4 nitrogen and oxygen atoms in total. The second kappa shape index (κ2) is 6.46. The summed E-state index contributed by atoms with van der Waals surface area (Å²) in [7, 11) is 0. The van der Waals surface area contributed by atoms with Crippen molar-refractivity contribution >= 4 is 32.5 Å². The standard InChI is InChI=1S/C23H19N3OS/c1-13-10-16(27-23-22-19(7-9-25-23)26-12-28-22)4-5-17(13)21-14(2)11-20-18(15(21)3)6-8-24-20/h4-12,24H,1-3H3. The van der Waals surface area contributed by atoms with Crippen LogP contribution in [0.5, 0.6) is 11.6 Å². The largest absolute Gasteiger partial charge is 0.438 e. The van der Waals surface area contributed by atoms with E-state index in [0.29, 0.717) is 5.88 Å². The van der Waals surface area contributed by atoms with E-state index in [1.54, 1.807) is 17.5 Å². The number of fused-ring (bicyclic) bond motifs is 2. The maximum Gasteiger partial charge on any atom is 0.238 e. The number of rotatable bonds is 3. The van der Waals surface area contributed by atoms with Gasteiger partial charge in [-0.05, 0) is 78.9 Å². The van der Waals surface area contributed by atoms with Crippen molar-refractivity contribution in [3.8, 4) is 22.8 Å². The van der Waals surface area contributed by atoms with Crippen LogP contribution in [0.3, 0.4) is 0 Å². The molecule has 138 valence electrons. The van der Waals surface area contributed by atoms with Crippen LogP contribution in [0.1, 0.15) is 16.7 Å². The number of thiazole rings is 1. The molecule has 0 bridgehead atoms. The molecule has 0 unspecified atom stereocenters. The van der Waals surface area contributed by atoms with Crippen molar-refractivity contribution in [2.75, 3.05) is 0 Å². The summed E-state index contributed by atoms with van der Waals surface area (Å²) in [5.41, 5.74) is 10.2. The van der Waals surface area contributed by atoms with E-state index in [2.05, 4.69) is 60.0 Å². The Hall–Kier alpha value is -3.18. The second-order valence-electron chi connectivity index (χ2n) is 7.03. The summed E-state index contributed by atoms with van der Waals surface area (Å²) < 4.78 is 7.06. The number of benzene rings is 2. The highest BCUT2D eigenvalue weighted by atomic mass is 32.1. The molecule has 3 aromatic heterocycles. The maximum atomic E-state index is 6.09. The summed E-state index contributed by atoms with van der Waals surface area (Å²) in [5.74, 6) is 1.39. The first-order chi connectivity index (χ1) is 13.6. The molecule has 0 atom stereocenters. The fourth-order valence-electron chi connectivity index (χ4n) is 3.89. The van der Waals surface area contributed by atoms with Crippen molar-refractivity contribution in [2.24, 2.45) is 0 Å². The highest BCUT2D eigenvalue weighted by Gasteiger charge is 2.14. The Morgan fingerprint density at radius 3 is 2.71 bits per heavy atom. The molecule has 0 saturated heterocycles. The predicted octanol–water partition coefficient (Wildman–Crippen LogP) is 6.56. The van der Waals surface area contributed by atoms with Crippen molar-refractivity contribution < 1.29 is 4.74 Å². The van der Waals surface area contributed by atoms with Crippen LogP contribution in [0.25, 0.3) is 32.2 Å². The monoisotopic (exact) mass is 385 g/mol. The number of hydrogen-bond acceptors (Lipinski definition) is 4. The van der Waals surface area contributed by atoms with E-state index in [-0.39, 0.29) is 0 Å². The minimum absolute atomic E-state index is 0.605. The number of pyridine rings is 1. The average molecular weight is 385 g/mol. The number of aromatic nitrogens is 3. The Bertz CT molecular complexity index is 1330. The minimum atomic E-state index is 0.605. The third-order valence-corrected chi connectivity index (χ3v) is 6.04. The summed E-state index contributed by atoms with van der Waals surface area (Å²) in [6, 6.07) is 12.5. The molecule has 0 amide bonds. The molecule has 3 heterocycles. The molecule has 0 fully saturated rings. The fourth-order valence-corrected chi connectivity index (χ4v) is 4.60. The van der Waals surface area contributed by atoms with Gasteiger partial charge < -0.3 is 9.72 Å². The van der Waals surface area contributed by atoms with Gasteiger partial charge in [-0.1, -0.05) is 6.07 Å². The van der Waals surface area contributed by atoms with E-state index in [0.717, 1.165) is 16.0 Å². The third kappa shape index (κ3) is 2.67. The Labute approximate surface area is 166 Å². The summed E-state index contributed by atoms with van der Waals surface area (Å²) in [5, 5.41) is 1.27. The number of aryl methyl sites for hydroxylation is 3. The van der Waals surface area contributed by atoms with Gasteiger partial charge in [0.25, 0.3) is 0 Å². The van der Waals surface area contributed by atoms with Gasteiger partial charge in [-0.15, -0.1) is 11.3 Å². The molecular formula is C23H19N3OS. The van der Waals surface area contributed by atoms with Crippen LogP contribution in [-0.2, 0) is 0 Å². The van der Waals surface area contributed by atoms with Crippen LogP contribution in [0.15, 0.2) is 54.3 Å². The highest BCUT2D eigenvalue weighted by molar-refractivity contribution is 7.17. The number of H-pyrrole nitrogens is 1. The molecule has 0 aliphatic rings. The molecule has 28 heavy (non-hydrogen) atoms. The average Bonchev–Trinajstić information content (AvgIpc) is 3.33. The number of nitrogens with zero attached hydrogens (tertiary/aromatic N) is 2. The van der Waals surface area contributed by atoms with Crippen molar-refractivity contribution in [3.63, 3.8) is 0 Å². The van der Waals surface area contributed by atoms with Crippen molar-refractivity contribution in [3.05, 3.63) is 71.0 Å². The van der Waals surface area contributed by atoms with Gasteiger partial charge in [0, 0.05) is 23.3 Å². The third-order valence-electron chi connectivity index (χ3n) is 5.21. The van der Waals surface area contributed by atoms with Gasteiger partial charge in [-0.25, -0.2) is 9.97 Å². The molecule has 0 aliphatic carbocycles. The molecular weight excluding hydrogens is 366 g/mol. The smallest absolute Gasteiger partial charge is 0.238 e. The van der Waals surface area contributed by atoms with Crippen molar-refractivity contribution in [1.82, 2.24) is 15.0 Å². The molecule has 5 rings (SSSR count). The highest BCUT2D eigenvalue weighted by Crippen LogP contribution is 2.37. The molecule has 0 saturated carbocycles. The van der Waals surface area contributed by atoms with Gasteiger partial charge in [-0.3, -0.25) is 0 Å². The fraction of sp³-hybridized carbons (Fsp3) is 0.130. The zero-order valence-corrected chi connectivity index (χ0v) is 16.7. The predicted molar refractivity (Wildman–Crippen MR) is 115 cm³/mol. The van der Waals surface area contributed by atoms with E-state index < -0.39 is 0 Å². The molecule has 0 radical (unpaired) electrons. The van der Waals surface area contributed by atoms with Crippen LogP contribution in [0, 0.1) is 20.8 Å². The molecule has 0 aliphatic heterocycles. The lowest BCUT2D eigenvalue weighted by molar-refractivity contribution is 0.469. The maximum absolute atomic E-state index is 6.09. The Kier molecular flexibility index (Phi) is 3.91. The van der Waals surface area contributed by atoms with Gasteiger partial charge in [0.05, 0.1) is 11.0 Å². The van der Waals surface area contributed by atoms with Crippen LogP contribution in [0.4, 0.5) is 0 Å². The number of nitrogens with one attached hydrogen (secondary N) is 1.